The fraction of sp³-hybridized carbons (Fsp3) is 0.433. The number of unbranched alkanes of at least 4 members (excludes halogenated alkanes) is 9. The first-order chi connectivity index (χ1) is 34.5. The number of sulfonamides is 1. The van der Waals surface area contributed by atoms with Crippen LogP contribution in [0.5, 0.6) is 11.5 Å². The third kappa shape index (κ3) is 12.1. The number of ketones is 1. The van der Waals surface area contributed by atoms with Crippen LogP contribution >= 0.6 is 11.6 Å². The lowest BCUT2D eigenvalue weighted by atomic mass is 9.48. The normalized spacial score (nSPS) is 19.7. The van der Waals surface area contributed by atoms with Crippen molar-refractivity contribution in [2.24, 2.45) is 24.8 Å². The van der Waals surface area contributed by atoms with Crippen molar-refractivity contribution in [2.75, 3.05) is 11.9 Å². The van der Waals surface area contributed by atoms with Crippen LogP contribution in [0.15, 0.2) is 126 Å². The van der Waals surface area contributed by atoms with Crippen molar-refractivity contribution in [3.05, 3.63) is 154 Å². The number of rotatable bonds is 25. The summed E-state index contributed by atoms with van der Waals surface area (Å²) in [6.07, 6.45) is 17.5. The molecule has 4 fully saturated rings. The van der Waals surface area contributed by atoms with Crippen molar-refractivity contribution in [3.8, 4) is 11.5 Å². The van der Waals surface area contributed by atoms with Gasteiger partial charge in [-0.05, 0) is 134 Å². The van der Waals surface area contributed by atoms with E-state index in [0.29, 0.717) is 48.6 Å². The van der Waals surface area contributed by atoms with Gasteiger partial charge in [0.05, 0.1) is 21.2 Å². The second-order valence-electron chi connectivity index (χ2n) is 20.8. The number of aromatic nitrogens is 1. The van der Waals surface area contributed by atoms with Crippen LogP contribution in [-0.4, -0.2) is 37.3 Å². The van der Waals surface area contributed by atoms with E-state index in [-0.39, 0.29) is 21.0 Å². The highest BCUT2D eigenvalue weighted by molar-refractivity contribution is 7.89. The zero-order chi connectivity index (χ0) is 49.4. The first-order valence-electron chi connectivity index (χ1n) is 26.2. The molecular formula is C60H70ClN3O6S. The maximum atomic E-state index is 15.6. The molecule has 2 N–H and O–H groups in total. The van der Waals surface area contributed by atoms with Crippen molar-refractivity contribution < 1.29 is 27.5 Å². The zero-order valence-corrected chi connectivity index (χ0v) is 43.0. The Morgan fingerprint density at radius 3 is 1.90 bits per heavy atom. The van der Waals surface area contributed by atoms with Crippen LogP contribution in [0, 0.1) is 17.8 Å². The van der Waals surface area contributed by atoms with Gasteiger partial charge in [-0.1, -0.05) is 149 Å². The second kappa shape index (κ2) is 23.0. The number of carbonyl (C=O) groups excluding carboxylic acids is 2. The van der Waals surface area contributed by atoms with E-state index in [1.165, 1.54) is 82.4 Å². The molecule has 11 heteroatoms. The summed E-state index contributed by atoms with van der Waals surface area (Å²) in [5.74, 6) is 1.93. The number of aryl methyl sites for hydroxylation is 1. The van der Waals surface area contributed by atoms with Gasteiger partial charge in [-0.15, -0.1) is 0 Å². The number of hydrogen-bond acceptors (Lipinski definition) is 6. The second-order valence-corrected chi connectivity index (χ2v) is 23.0. The predicted octanol–water partition coefficient (Wildman–Crippen LogP) is 13.9. The van der Waals surface area contributed by atoms with Gasteiger partial charge < -0.3 is 19.4 Å². The molecule has 0 saturated heterocycles. The van der Waals surface area contributed by atoms with Crippen LogP contribution in [0.2, 0.25) is 5.02 Å². The van der Waals surface area contributed by atoms with Gasteiger partial charge in [0.1, 0.15) is 18.1 Å². The smallest absolute Gasteiger partial charge is 0.273 e. The number of hydrogen-bond donors (Lipinski definition) is 2. The van der Waals surface area contributed by atoms with Gasteiger partial charge in [-0.3, -0.25) is 9.59 Å². The number of para-hydroxylation sites is 1. The molecule has 1 amide bonds. The topological polar surface area (TPSA) is 116 Å². The lowest BCUT2D eigenvalue weighted by molar-refractivity contribution is -0.120. The molecule has 0 radical (unpaired) electrons. The van der Waals surface area contributed by atoms with Crippen LogP contribution in [-0.2, 0) is 40.3 Å². The third-order valence-electron chi connectivity index (χ3n) is 15.5. The Labute approximate surface area is 426 Å². The highest BCUT2D eigenvalue weighted by atomic mass is 35.5. The standard InChI is InChI=1S/C60H70ClN3O6S/c1-3-4-5-6-7-8-9-10-11-17-32-62-71(67,68)50-30-31-53(52(61)37-50)63-59(66)57(70-49-28-24-43(25-29-49)33-42-22-26-48(27-23-42)69-41-44-18-13-12-14-19-44)56(65)55-51-20-15-16-21-54(51)64(2)58(55)60-38-45-34-46(39-60)36-47(35-45)40-60/h12-16,18-31,37,45-47,57,62H,3-11,17,32-36,38-41H2,1-2H3,(H,63,66). The van der Waals surface area contributed by atoms with Gasteiger partial charge >= 0.3 is 0 Å². The maximum Gasteiger partial charge on any atom is 0.273 e. The molecule has 1 heterocycles. The molecule has 71 heavy (non-hydrogen) atoms. The van der Waals surface area contributed by atoms with Crippen LogP contribution < -0.4 is 19.5 Å². The Kier molecular flexibility index (Phi) is 16.4. The van der Waals surface area contributed by atoms with E-state index in [4.69, 9.17) is 21.1 Å². The molecule has 374 valence electrons. The number of nitrogens with zero attached hydrogens (tertiary/aromatic N) is 1. The van der Waals surface area contributed by atoms with E-state index in [1.807, 2.05) is 72.8 Å². The molecule has 5 aromatic carbocycles. The first-order valence-corrected chi connectivity index (χ1v) is 28.1. The van der Waals surface area contributed by atoms with E-state index in [9.17, 15) is 13.2 Å². The molecule has 4 saturated carbocycles. The van der Waals surface area contributed by atoms with Gasteiger partial charge in [0.2, 0.25) is 21.9 Å². The Hall–Kier alpha value is -5.42. The van der Waals surface area contributed by atoms with E-state index >= 15 is 4.79 Å². The van der Waals surface area contributed by atoms with Crippen molar-refractivity contribution in [1.29, 1.82) is 0 Å². The number of benzene rings is 5. The Balaban J connectivity index is 0.926. The van der Waals surface area contributed by atoms with Gasteiger partial charge in [0, 0.05) is 35.6 Å². The quantitative estimate of drug-likeness (QED) is 0.0335. The minimum absolute atomic E-state index is 0.000139. The molecule has 4 aliphatic carbocycles. The predicted molar refractivity (Wildman–Crippen MR) is 285 cm³/mol. The Morgan fingerprint density at radius 2 is 1.28 bits per heavy atom. The van der Waals surface area contributed by atoms with Gasteiger partial charge in [-0.25, -0.2) is 13.1 Å². The fourth-order valence-corrected chi connectivity index (χ4v) is 13.8. The van der Waals surface area contributed by atoms with Crippen LogP contribution in [0.4, 0.5) is 5.69 Å². The van der Waals surface area contributed by atoms with Crippen LogP contribution in [0.25, 0.3) is 10.9 Å². The van der Waals surface area contributed by atoms with Gasteiger partial charge in [-0.2, -0.15) is 0 Å². The van der Waals surface area contributed by atoms with Gasteiger partial charge in [0.25, 0.3) is 5.91 Å². The fourth-order valence-electron chi connectivity index (χ4n) is 12.4. The largest absolute Gasteiger partial charge is 0.489 e. The number of amides is 1. The van der Waals surface area contributed by atoms with Crippen LogP contribution in [0.1, 0.15) is 142 Å². The average Bonchev–Trinajstić information content (AvgIpc) is 3.68. The summed E-state index contributed by atoms with van der Waals surface area (Å²) < 4.78 is 44.3. The van der Waals surface area contributed by atoms with Crippen LogP contribution in [0.3, 0.4) is 0 Å². The number of anilines is 1. The van der Waals surface area contributed by atoms with Crippen molar-refractivity contribution >= 4 is 49.9 Å². The summed E-state index contributed by atoms with van der Waals surface area (Å²) in [6, 6.07) is 37.9. The lowest BCUT2D eigenvalue weighted by Gasteiger charge is -2.57. The summed E-state index contributed by atoms with van der Waals surface area (Å²) in [5, 5.41) is 3.71. The molecule has 9 nitrogen and oxygen atoms in total. The molecule has 0 spiro atoms. The number of carbonyl (C=O) groups is 2. The first kappa shape index (κ1) is 50.5. The molecule has 1 unspecified atom stereocenters. The number of ether oxygens (including phenoxy) is 2. The molecule has 4 aliphatic rings. The summed E-state index contributed by atoms with van der Waals surface area (Å²) in [4.78, 5) is 30.4. The zero-order valence-electron chi connectivity index (χ0n) is 41.5. The molecule has 1 aromatic heterocycles. The Morgan fingerprint density at radius 1 is 0.704 bits per heavy atom. The third-order valence-corrected chi connectivity index (χ3v) is 17.2. The molecule has 6 aromatic rings. The Bertz CT molecular complexity index is 2840. The number of halogens is 1. The van der Waals surface area contributed by atoms with Crippen molar-refractivity contribution in [3.63, 3.8) is 0 Å². The highest BCUT2D eigenvalue weighted by Gasteiger charge is 2.54. The summed E-state index contributed by atoms with van der Waals surface area (Å²) >= 11 is 6.79. The summed E-state index contributed by atoms with van der Waals surface area (Å²) in [7, 11) is -1.79. The summed E-state index contributed by atoms with van der Waals surface area (Å²) in [6.45, 7) is 3.05. The van der Waals surface area contributed by atoms with E-state index < -0.39 is 27.8 Å². The molecule has 1 atom stereocenters. The highest BCUT2D eigenvalue weighted by Crippen LogP contribution is 2.62. The van der Waals surface area contributed by atoms with E-state index in [1.54, 1.807) is 12.1 Å². The molecule has 10 rings (SSSR count). The number of fused-ring (bicyclic) bond motifs is 1. The van der Waals surface area contributed by atoms with Crippen molar-refractivity contribution in [2.45, 2.75) is 139 Å². The minimum Gasteiger partial charge on any atom is -0.489 e. The molecule has 0 aliphatic heterocycles. The number of nitrogens with one attached hydrogen (secondary N) is 2. The van der Waals surface area contributed by atoms with Crippen molar-refractivity contribution in [1.82, 2.24) is 9.29 Å². The molecular weight excluding hydrogens is 926 g/mol. The maximum absolute atomic E-state index is 15.6. The lowest BCUT2D eigenvalue weighted by Crippen LogP contribution is -2.50. The van der Waals surface area contributed by atoms with E-state index in [2.05, 4.69) is 46.8 Å². The minimum atomic E-state index is -3.86. The average molecular weight is 997 g/mol. The van der Waals surface area contributed by atoms with Gasteiger partial charge in [0.15, 0.2) is 0 Å². The summed E-state index contributed by atoms with van der Waals surface area (Å²) in [5.41, 5.74) is 5.74. The molecule has 4 bridgehead atoms. The van der Waals surface area contributed by atoms with E-state index in [0.717, 1.165) is 77.6 Å². The number of Topliss-reactive ketones (excluding diaryl/α,β-unsaturated/α-hetero) is 1. The monoisotopic (exact) mass is 995 g/mol. The SMILES string of the molecule is CCCCCCCCCCCCNS(=O)(=O)c1ccc(NC(=O)C(Oc2ccc(Cc3ccc(OCc4ccccc4)cc3)cc2)C(=O)c2c(C34CC5CC(CC(C5)C3)C4)n(C)c3ccccc23)c(Cl)c1.